The molecule has 0 unspecified atom stereocenters. The normalized spacial score (nSPS) is 18.5. The van der Waals surface area contributed by atoms with Gasteiger partial charge in [-0.05, 0) is 25.1 Å². The van der Waals surface area contributed by atoms with Gasteiger partial charge in [0.1, 0.15) is 0 Å². The van der Waals surface area contributed by atoms with Gasteiger partial charge in [0.05, 0.1) is 5.69 Å². The number of carbonyl (C=O) groups excluding carboxylic acids is 2. The van der Waals surface area contributed by atoms with E-state index < -0.39 is 11.9 Å². The molecule has 4 heteroatoms. The standard InChI is InChI=1S/C11H9NO3/c1-2-9-12(10(13)11(14)15-9)8-6-4-3-5-7-8/h2-7H,1H3/b9-2+. The Balaban J connectivity index is 2.44. The molecule has 1 amide bonds. The summed E-state index contributed by atoms with van der Waals surface area (Å²) in [5.74, 6) is -1.24. The van der Waals surface area contributed by atoms with Gasteiger partial charge >= 0.3 is 11.9 Å². The van der Waals surface area contributed by atoms with Crippen molar-refractivity contribution in [2.45, 2.75) is 6.92 Å². The van der Waals surface area contributed by atoms with E-state index in [4.69, 9.17) is 4.74 Å². The number of para-hydroxylation sites is 1. The predicted molar refractivity (Wildman–Crippen MR) is 53.8 cm³/mol. The zero-order valence-corrected chi connectivity index (χ0v) is 8.14. The molecule has 1 heterocycles. The van der Waals surface area contributed by atoms with Crippen LogP contribution in [0.5, 0.6) is 0 Å². The van der Waals surface area contributed by atoms with Gasteiger partial charge in [0, 0.05) is 0 Å². The van der Waals surface area contributed by atoms with Gasteiger partial charge in [-0.25, -0.2) is 9.69 Å². The summed E-state index contributed by atoms with van der Waals surface area (Å²) >= 11 is 0. The van der Waals surface area contributed by atoms with Gasteiger partial charge < -0.3 is 4.74 Å². The number of allylic oxidation sites excluding steroid dienone is 1. The van der Waals surface area contributed by atoms with Crippen LogP contribution in [0.25, 0.3) is 0 Å². The topological polar surface area (TPSA) is 46.6 Å². The summed E-state index contributed by atoms with van der Waals surface area (Å²) in [7, 11) is 0. The lowest BCUT2D eigenvalue weighted by Gasteiger charge is -2.13. The minimum Gasteiger partial charge on any atom is -0.402 e. The first-order valence-electron chi connectivity index (χ1n) is 4.51. The third-order valence-electron chi connectivity index (χ3n) is 2.06. The van der Waals surface area contributed by atoms with Gasteiger partial charge in [0.15, 0.2) is 0 Å². The van der Waals surface area contributed by atoms with Crippen molar-refractivity contribution in [2.75, 3.05) is 4.90 Å². The summed E-state index contributed by atoms with van der Waals surface area (Å²) in [6.45, 7) is 1.71. The largest absolute Gasteiger partial charge is 0.404 e. The van der Waals surface area contributed by atoms with E-state index in [1.165, 1.54) is 4.90 Å². The molecule has 2 rings (SSSR count). The van der Waals surface area contributed by atoms with Gasteiger partial charge in [-0.15, -0.1) is 0 Å². The smallest absolute Gasteiger partial charge is 0.402 e. The molecule has 1 aliphatic heterocycles. The average Bonchev–Trinajstić information content (AvgIpc) is 2.56. The van der Waals surface area contributed by atoms with Crippen LogP contribution in [-0.4, -0.2) is 11.9 Å². The SMILES string of the molecule is C/C=C1/OC(=O)C(=O)N1c1ccccc1. The van der Waals surface area contributed by atoms with Crippen LogP contribution in [0.1, 0.15) is 6.92 Å². The quantitative estimate of drug-likeness (QED) is 0.512. The van der Waals surface area contributed by atoms with Gasteiger partial charge in [-0.2, -0.15) is 0 Å². The molecule has 1 aromatic carbocycles. The first kappa shape index (κ1) is 9.45. The molecular formula is C11H9NO3. The van der Waals surface area contributed by atoms with Crippen LogP contribution < -0.4 is 4.90 Å². The molecule has 0 aromatic heterocycles. The lowest BCUT2D eigenvalue weighted by molar-refractivity contribution is -0.145. The number of hydrogen-bond donors (Lipinski definition) is 0. The minimum absolute atomic E-state index is 0.260. The van der Waals surface area contributed by atoms with E-state index in [1.807, 2.05) is 6.07 Å². The first-order chi connectivity index (χ1) is 7.24. The fraction of sp³-hybridized carbons (Fsp3) is 0.0909. The summed E-state index contributed by atoms with van der Waals surface area (Å²) in [5.41, 5.74) is 0.626. The van der Waals surface area contributed by atoms with E-state index in [2.05, 4.69) is 0 Å². The van der Waals surface area contributed by atoms with E-state index in [-0.39, 0.29) is 5.88 Å². The number of benzene rings is 1. The van der Waals surface area contributed by atoms with E-state index in [0.717, 1.165) is 0 Å². The minimum atomic E-state index is -0.841. The zero-order chi connectivity index (χ0) is 10.8. The van der Waals surface area contributed by atoms with Gasteiger partial charge in [0.2, 0.25) is 5.88 Å². The van der Waals surface area contributed by atoms with Crippen molar-refractivity contribution < 1.29 is 14.3 Å². The van der Waals surface area contributed by atoms with E-state index in [0.29, 0.717) is 5.69 Å². The van der Waals surface area contributed by atoms with Gasteiger partial charge in [0.25, 0.3) is 0 Å². The first-order valence-corrected chi connectivity index (χ1v) is 4.51. The molecule has 1 fully saturated rings. The third-order valence-corrected chi connectivity index (χ3v) is 2.06. The van der Waals surface area contributed by atoms with Gasteiger partial charge in [-0.3, -0.25) is 4.79 Å². The number of anilines is 1. The fourth-order valence-corrected chi connectivity index (χ4v) is 1.39. The molecule has 0 saturated carbocycles. The summed E-state index contributed by atoms with van der Waals surface area (Å²) in [4.78, 5) is 23.8. The molecule has 0 atom stereocenters. The van der Waals surface area contributed by atoms with Crippen molar-refractivity contribution in [3.05, 3.63) is 42.3 Å². The van der Waals surface area contributed by atoms with E-state index in [1.54, 1.807) is 37.3 Å². The predicted octanol–water partition coefficient (Wildman–Crippen LogP) is 1.44. The highest BCUT2D eigenvalue weighted by Gasteiger charge is 2.37. The molecule has 1 saturated heterocycles. The number of ether oxygens (including phenoxy) is 1. The Morgan fingerprint density at radius 1 is 1.20 bits per heavy atom. The summed E-state index contributed by atoms with van der Waals surface area (Å²) in [6, 6.07) is 8.89. The van der Waals surface area contributed by atoms with Crippen LogP contribution in [0.2, 0.25) is 0 Å². The number of esters is 1. The second-order valence-corrected chi connectivity index (χ2v) is 2.99. The Bertz CT molecular complexity index is 436. The third kappa shape index (κ3) is 1.50. The molecule has 0 bridgehead atoms. The van der Waals surface area contributed by atoms with E-state index >= 15 is 0 Å². The Morgan fingerprint density at radius 2 is 1.87 bits per heavy atom. The van der Waals surface area contributed by atoms with Crippen LogP contribution >= 0.6 is 0 Å². The maximum absolute atomic E-state index is 11.5. The number of rotatable bonds is 1. The Kier molecular flexibility index (Phi) is 2.25. The summed E-state index contributed by atoms with van der Waals surface area (Å²) < 4.78 is 4.79. The molecular weight excluding hydrogens is 194 g/mol. The Morgan fingerprint density at radius 3 is 2.47 bits per heavy atom. The van der Waals surface area contributed by atoms with Gasteiger partial charge in [-0.1, -0.05) is 18.2 Å². The number of carbonyl (C=O) groups is 2. The number of hydrogen-bond acceptors (Lipinski definition) is 3. The maximum Gasteiger partial charge on any atom is 0.404 e. The highest BCUT2D eigenvalue weighted by Crippen LogP contribution is 2.24. The number of nitrogens with zero attached hydrogens (tertiary/aromatic N) is 1. The molecule has 15 heavy (non-hydrogen) atoms. The van der Waals surface area contributed by atoms with Crippen molar-refractivity contribution >= 4 is 17.6 Å². The highest BCUT2D eigenvalue weighted by molar-refractivity contribution is 6.41. The molecule has 0 radical (unpaired) electrons. The molecule has 0 aliphatic carbocycles. The van der Waals surface area contributed by atoms with Crippen molar-refractivity contribution in [3.8, 4) is 0 Å². The van der Waals surface area contributed by atoms with Crippen molar-refractivity contribution in [2.24, 2.45) is 0 Å². The van der Waals surface area contributed by atoms with Crippen molar-refractivity contribution in [3.63, 3.8) is 0 Å². The number of cyclic esters (lactones) is 1. The zero-order valence-electron chi connectivity index (χ0n) is 8.14. The van der Waals surface area contributed by atoms with Crippen LogP contribution in [-0.2, 0) is 14.3 Å². The molecule has 1 aromatic rings. The van der Waals surface area contributed by atoms with E-state index in [9.17, 15) is 9.59 Å². The lowest BCUT2D eigenvalue weighted by atomic mass is 10.3. The monoisotopic (exact) mass is 203 g/mol. The van der Waals surface area contributed by atoms with Crippen molar-refractivity contribution in [1.29, 1.82) is 0 Å². The van der Waals surface area contributed by atoms with Crippen LogP contribution in [0, 0.1) is 0 Å². The van der Waals surface area contributed by atoms with Crippen LogP contribution in [0.3, 0.4) is 0 Å². The Hall–Kier alpha value is -2.10. The number of amides is 1. The molecule has 4 nitrogen and oxygen atoms in total. The molecule has 0 N–H and O–H groups in total. The fourth-order valence-electron chi connectivity index (χ4n) is 1.39. The molecule has 0 spiro atoms. The molecule has 76 valence electrons. The second kappa shape index (κ2) is 3.57. The van der Waals surface area contributed by atoms with Crippen LogP contribution in [0.4, 0.5) is 5.69 Å². The van der Waals surface area contributed by atoms with Crippen LogP contribution in [0.15, 0.2) is 42.3 Å². The van der Waals surface area contributed by atoms with Crippen molar-refractivity contribution in [1.82, 2.24) is 0 Å². The summed E-state index contributed by atoms with van der Waals surface area (Å²) in [5, 5.41) is 0. The molecule has 1 aliphatic rings. The second-order valence-electron chi connectivity index (χ2n) is 2.99. The Labute approximate surface area is 86.8 Å². The maximum atomic E-state index is 11.5. The lowest BCUT2D eigenvalue weighted by Crippen LogP contribution is -2.25. The summed E-state index contributed by atoms with van der Waals surface area (Å²) in [6.07, 6.45) is 1.58. The highest BCUT2D eigenvalue weighted by atomic mass is 16.6. The average molecular weight is 203 g/mol.